The topological polar surface area (TPSA) is 407 Å². The van der Waals surface area contributed by atoms with Gasteiger partial charge in [0, 0.05) is 31.5 Å². The van der Waals surface area contributed by atoms with Crippen molar-refractivity contribution in [3.8, 4) is 0 Å². The van der Waals surface area contributed by atoms with Gasteiger partial charge in [0.25, 0.3) is 46.9 Å². The van der Waals surface area contributed by atoms with Crippen LogP contribution in [0.5, 0.6) is 0 Å². The van der Waals surface area contributed by atoms with Crippen LogP contribution in [0.4, 0.5) is 8.96 Å². The molecule has 0 aromatic rings. The summed E-state index contributed by atoms with van der Waals surface area (Å²) in [6.45, 7) is -11.8. The highest BCUT2D eigenvalue weighted by molar-refractivity contribution is 7.47. The van der Waals surface area contributed by atoms with E-state index in [9.17, 15) is 65.7 Å². The summed E-state index contributed by atoms with van der Waals surface area (Å²) in [5, 5.41) is 8.93. The van der Waals surface area contributed by atoms with Gasteiger partial charge in [-0.15, -0.1) is 8.96 Å². The van der Waals surface area contributed by atoms with E-state index in [-0.39, 0.29) is 7.43 Å². The van der Waals surface area contributed by atoms with Crippen molar-refractivity contribution in [3.05, 3.63) is 0 Å². The first-order valence-electron chi connectivity index (χ1n) is 13.4. The smallest absolute Gasteiger partial charge is 0.268 e. The molecule has 0 spiro atoms. The maximum absolute atomic E-state index is 12.3. The Morgan fingerprint density at radius 3 is 0.942 bits per heavy atom. The number of hydrogen-bond acceptors (Lipinski definition) is 26. The van der Waals surface area contributed by atoms with E-state index >= 15 is 0 Å². The molecule has 0 heterocycles. The zero-order valence-electron chi connectivity index (χ0n) is 25.8. The molecule has 0 saturated carbocycles. The predicted octanol–water partition coefficient (Wildman–Crippen LogP) is -3.22. The first-order chi connectivity index (χ1) is 23.5. The first kappa shape index (κ1) is 54.5. The largest absolute Gasteiger partial charge is 0.756 e. The van der Waals surface area contributed by atoms with E-state index < -0.39 is 151 Å². The fourth-order valence-electron chi connectivity index (χ4n) is 2.53. The first-order valence-corrected chi connectivity index (χ1v) is 22.2. The number of halogens is 2. The van der Waals surface area contributed by atoms with Crippen LogP contribution in [0.3, 0.4) is 0 Å². The Morgan fingerprint density at radius 2 is 0.692 bits per heavy atom. The van der Waals surface area contributed by atoms with Crippen LogP contribution in [0.1, 0.15) is 7.43 Å². The molecule has 0 aliphatic heterocycles. The number of aliphatic hydroxyl groups excluding tert-OH is 1. The maximum Gasteiger partial charge on any atom is 0.268 e. The van der Waals surface area contributed by atoms with Crippen LogP contribution in [0.15, 0.2) is 0 Å². The number of hydrogen-bond donors (Lipinski definition) is 4. The van der Waals surface area contributed by atoms with Crippen molar-refractivity contribution in [1.82, 2.24) is 11.1 Å². The lowest BCUT2D eigenvalue weighted by atomic mass is 10.2. The maximum atomic E-state index is 12.3. The average molecular weight is 894 g/mol. The van der Waals surface area contributed by atoms with Crippen LogP contribution in [0.2, 0.25) is 0 Å². The number of phosphoric ester groups is 6. The third kappa shape index (κ3) is 31.6. The highest BCUT2D eigenvalue weighted by Crippen LogP contribution is 2.44. The van der Waals surface area contributed by atoms with E-state index in [0.717, 1.165) is 5.54 Å². The summed E-state index contributed by atoms with van der Waals surface area (Å²) in [5.41, 5.74) is 2.30. The molecule has 0 aromatic carbocycles. The molecule has 0 radical (unpaired) electrons. The number of phosphoric acid groups is 6. The molecule has 0 rings (SSSR count). The lowest BCUT2D eigenvalue weighted by molar-refractivity contribution is -0.238. The Bertz CT molecular complexity index is 1270. The Hall–Kier alpha value is 0.400. The highest BCUT2D eigenvalue weighted by atomic mass is 31.2. The van der Waals surface area contributed by atoms with Crippen LogP contribution in [-0.4, -0.2) is 102 Å². The number of rotatable bonds is 34. The van der Waals surface area contributed by atoms with E-state index in [0.29, 0.717) is 0 Å². The molecule has 0 amide bonds. The SMILES string of the molecule is C.O=P([O-])(O)OCC(CNF)COP(=O)([O-])OCCOP(=O)([O-])OCCOP(=O)([O-])OCCOP(=O)([O-])OCCOP(=O)([O-])OCC(CO)CNF. The third-order valence-electron chi connectivity index (χ3n) is 4.73. The molecule has 52 heavy (non-hydrogen) atoms. The van der Waals surface area contributed by atoms with Gasteiger partial charge in [-0.25, -0.2) is 0 Å². The molecule has 8 unspecified atom stereocenters. The van der Waals surface area contributed by atoms with Crippen molar-refractivity contribution < 1.29 is 125 Å². The summed E-state index contributed by atoms with van der Waals surface area (Å²) >= 11 is 0. The van der Waals surface area contributed by atoms with Gasteiger partial charge in [0.2, 0.25) is 0 Å². The third-order valence-corrected chi connectivity index (χ3v) is 10.1. The summed E-state index contributed by atoms with van der Waals surface area (Å²) in [5.74, 6) is -2.20. The van der Waals surface area contributed by atoms with E-state index in [1.165, 1.54) is 5.54 Å². The quantitative estimate of drug-likeness (QED) is 0.0280. The minimum Gasteiger partial charge on any atom is -0.756 e. The zero-order valence-corrected chi connectivity index (χ0v) is 31.1. The second kappa shape index (κ2) is 27.1. The van der Waals surface area contributed by atoms with E-state index in [4.69, 9.17) is 10.00 Å². The number of aliphatic hydroxyl groups is 1. The monoisotopic (exact) mass is 894 g/mol. The van der Waals surface area contributed by atoms with Crippen molar-refractivity contribution >= 4 is 46.9 Å². The van der Waals surface area contributed by atoms with Crippen LogP contribution in [0.25, 0.3) is 0 Å². The Morgan fingerprint density at radius 1 is 0.462 bits per heavy atom. The molecule has 0 bridgehead atoms. The van der Waals surface area contributed by atoms with E-state index in [1.807, 2.05) is 0 Å². The molecule has 0 aliphatic carbocycles. The summed E-state index contributed by atoms with van der Waals surface area (Å²) in [6.07, 6.45) is 0. The summed E-state index contributed by atoms with van der Waals surface area (Å²) in [4.78, 5) is 77.4. The van der Waals surface area contributed by atoms with Crippen LogP contribution in [0, 0.1) is 11.8 Å². The Kier molecular flexibility index (Phi) is 28.4. The Balaban J connectivity index is 0. The summed E-state index contributed by atoms with van der Waals surface area (Å²) in [7, 11) is -30.9. The van der Waals surface area contributed by atoms with Gasteiger partial charge in [0.1, 0.15) is 0 Å². The van der Waals surface area contributed by atoms with Gasteiger partial charge >= 0.3 is 0 Å². The van der Waals surface area contributed by atoms with E-state index in [1.54, 1.807) is 0 Å². The zero-order chi connectivity index (χ0) is 39.2. The predicted molar refractivity (Wildman–Crippen MR) is 152 cm³/mol. The lowest BCUT2D eigenvalue weighted by Crippen LogP contribution is -2.27. The molecule has 0 fully saturated rings. The Labute approximate surface area is 295 Å². The minimum absolute atomic E-state index is 0. The molecule has 8 atom stereocenters. The van der Waals surface area contributed by atoms with Crippen LogP contribution >= 0.6 is 46.9 Å². The molecule has 35 heteroatoms. The van der Waals surface area contributed by atoms with Gasteiger partial charge < -0.3 is 89.1 Å². The fourth-order valence-corrected chi connectivity index (χ4v) is 6.48. The van der Waals surface area contributed by atoms with Gasteiger partial charge in [-0.05, 0) is 0 Å². The van der Waals surface area contributed by atoms with Crippen LogP contribution < -0.4 is 40.4 Å². The van der Waals surface area contributed by atoms with Crippen LogP contribution in [-0.2, 0) is 77.2 Å². The minimum atomic E-state index is -5.20. The summed E-state index contributed by atoms with van der Waals surface area (Å²) < 4.78 is 140. The fraction of sp³-hybridized carbons (Fsp3) is 1.00. The highest BCUT2D eigenvalue weighted by Gasteiger charge is 2.20. The molecule has 316 valence electrons. The van der Waals surface area contributed by atoms with Crippen molar-refractivity contribution in [1.29, 1.82) is 0 Å². The standard InChI is InChI=1S/C16H40F2N2O25P6.CH4/c17-19-9-15(11-21)12-44-50(31,32)41-7-5-39-48(27,28)37-3-1-35-47(25,26)36-2-4-38-49(29,30)40-6-8-42-51(33,34)45-14-16(10-20-18)13-43-46(22,23)24;/h15-16,19-21H,1-14H2,(H,25,26)(H,27,28)(H,29,30)(H,31,32)(H,33,34)(H2,22,23,24);1H4/p-6. The molecular formula is C17H38F2N2O25P6-6. The molecule has 0 saturated heterocycles. The van der Waals surface area contributed by atoms with Gasteiger partial charge in [0.15, 0.2) is 0 Å². The van der Waals surface area contributed by atoms with Gasteiger partial charge in [-0.1, -0.05) is 7.43 Å². The molecule has 4 N–H and O–H groups in total. The molecule has 0 aromatic heterocycles. The van der Waals surface area contributed by atoms with Crippen molar-refractivity contribution in [2.24, 2.45) is 11.8 Å². The van der Waals surface area contributed by atoms with Gasteiger partial charge in [-0.2, -0.15) is 11.1 Å². The van der Waals surface area contributed by atoms with Crippen molar-refractivity contribution in [3.63, 3.8) is 0 Å². The number of nitrogens with one attached hydrogen (secondary N) is 2. The average Bonchev–Trinajstić information content (AvgIpc) is 3.01. The lowest BCUT2D eigenvalue weighted by Gasteiger charge is -2.27. The molecular weight excluding hydrogens is 856 g/mol. The second-order valence-corrected chi connectivity index (χ2v) is 17.1. The van der Waals surface area contributed by atoms with Gasteiger partial charge in [-0.3, -0.25) is 27.4 Å². The molecule has 0 aliphatic rings. The second-order valence-electron chi connectivity index (χ2n) is 8.85. The molecule has 27 nitrogen and oxygen atoms in total. The summed E-state index contributed by atoms with van der Waals surface area (Å²) in [6, 6.07) is 0. The van der Waals surface area contributed by atoms with Crippen molar-refractivity contribution in [2.45, 2.75) is 7.43 Å². The van der Waals surface area contributed by atoms with Gasteiger partial charge in [0.05, 0.1) is 72.7 Å². The normalized spacial score (nSPS) is 20.2. The van der Waals surface area contributed by atoms with E-state index in [2.05, 4.69) is 49.8 Å². The van der Waals surface area contributed by atoms with Crippen molar-refractivity contribution in [2.75, 3.05) is 92.4 Å².